The van der Waals surface area contributed by atoms with E-state index in [1.54, 1.807) is 4.40 Å². The monoisotopic (exact) mass is 392 g/mol. The Morgan fingerprint density at radius 1 is 1.07 bits per heavy atom. The predicted molar refractivity (Wildman–Crippen MR) is 103 cm³/mol. The summed E-state index contributed by atoms with van der Waals surface area (Å²) in [4.78, 5) is 38.0. The number of nitrogens with zero attached hydrogens (tertiary/aromatic N) is 4. The maximum absolute atomic E-state index is 12.5. The molecule has 4 rings (SSSR count). The zero-order chi connectivity index (χ0) is 20.2. The third-order valence-corrected chi connectivity index (χ3v) is 4.78. The second-order valence-corrected chi connectivity index (χ2v) is 6.77. The minimum atomic E-state index is -0.689. The molecule has 1 aromatic carbocycles. The fourth-order valence-corrected chi connectivity index (χ4v) is 3.24. The van der Waals surface area contributed by atoms with Crippen LogP contribution < -0.4 is 10.6 Å². The molecule has 1 aliphatic heterocycles. The Hall–Kier alpha value is -3.75. The quantitative estimate of drug-likeness (QED) is 0.588. The summed E-state index contributed by atoms with van der Waals surface area (Å²) in [6, 6.07) is 13.7. The van der Waals surface area contributed by atoms with Crippen molar-refractivity contribution in [2.45, 2.75) is 32.0 Å². The van der Waals surface area contributed by atoms with Crippen molar-refractivity contribution in [3.8, 4) is 0 Å². The molecule has 4 amide bonds. The van der Waals surface area contributed by atoms with E-state index in [4.69, 9.17) is 0 Å². The Kier molecular flexibility index (Phi) is 5.19. The number of hydrogen-bond acceptors (Lipinski definition) is 5. The number of imide groups is 1. The molecule has 0 saturated carbocycles. The lowest BCUT2D eigenvalue weighted by Gasteiger charge is -2.13. The molecule has 3 aromatic rings. The topological polar surface area (TPSA) is 109 Å². The molecule has 0 aliphatic carbocycles. The summed E-state index contributed by atoms with van der Waals surface area (Å²) in [5.74, 6) is 0.0876. The number of aromatic nitrogens is 3. The molecule has 1 atom stereocenters. The third-order valence-electron chi connectivity index (χ3n) is 4.78. The zero-order valence-electron chi connectivity index (χ0n) is 15.6. The summed E-state index contributed by atoms with van der Waals surface area (Å²) in [6.45, 7) is 0.448. The highest BCUT2D eigenvalue weighted by Gasteiger charge is 2.37. The number of fused-ring (bicyclic) bond motifs is 1. The van der Waals surface area contributed by atoms with E-state index in [-0.39, 0.29) is 37.7 Å². The minimum absolute atomic E-state index is 0.118. The second kappa shape index (κ2) is 8.09. The van der Waals surface area contributed by atoms with Crippen LogP contribution in [-0.2, 0) is 22.7 Å². The first-order valence-electron chi connectivity index (χ1n) is 9.33. The van der Waals surface area contributed by atoms with Gasteiger partial charge >= 0.3 is 6.03 Å². The van der Waals surface area contributed by atoms with Crippen LogP contribution in [0.4, 0.5) is 4.79 Å². The third kappa shape index (κ3) is 4.08. The van der Waals surface area contributed by atoms with E-state index in [1.165, 1.54) is 4.90 Å². The first-order valence-corrected chi connectivity index (χ1v) is 9.33. The van der Waals surface area contributed by atoms with Crippen LogP contribution >= 0.6 is 0 Å². The van der Waals surface area contributed by atoms with Crippen LogP contribution in [0.25, 0.3) is 5.65 Å². The van der Waals surface area contributed by atoms with Crippen LogP contribution in [0, 0.1) is 0 Å². The predicted octanol–water partition coefficient (Wildman–Crippen LogP) is 1.25. The van der Waals surface area contributed by atoms with Gasteiger partial charge in [0.05, 0.1) is 13.1 Å². The van der Waals surface area contributed by atoms with Crippen LogP contribution in [-0.4, -0.2) is 43.4 Å². The van der Waals surface area contributed by atoms with Gasteiger partial charge in [-0.2, -0.15) is 0 Å². The normalized spacial score (nSPS) is 16.3. The molecule has 1 saturated heterocycles. The van der Waals surface area contributed by atoms with E-state index in [1.807, 2.05) is 54.7 Å². The molecule has 3 heterocycles. The maximum atomic E-state index is 12.5. The van der Waals surface area contributed by atoms with Gasteiger partial charge in [0.2, 0.25) is 5.91 Å². The number of nitrogens with one attached hydrogen (secondary N) is 2. The molecule has 9 nitrogen and oxygen atoms in total. The fraction of sp³-hybridized carbons (Fsp3) is 0.250. The molecule has 2 N–H and O–H groups in total. The molecule has 1 fully saturated rings. The lowest BCUT2D eigenvalue weighted by molar-refractivity contribution is -0.128. The van der Waals surface area contributed by atoms with E-state index >= 15 is 0 Å². The van der Waals surface area contributed by atoms with E-state index in [2.05, 4.69) is 20.8 Å². The molecule has 29 heavy (non-hydrogen) atoms. The number of carbonyl (C=O) groups is 3. The standard InChI is InChI=1S/C20H20N6O3/c27-18(21-12-17-24-23-16-8-4-5-11-25(16)17)10-9-15-19(28)26(20(29)22-15)13-14-6-2-1-3-7-14/h1-8,11,15H,9-10,12-13H2,(H,21,27)(H,22,29)/t15-/m0/s1. The minimum Gasteiger partial charge on any atom is -0.349 e. The van der Waals surface area contributed by atoms with Crippen LogP contribution in [0.2, 0.25) is 0 Å². The number of amides is 4. The lowest BCUT2D eigenvalue weighted by atomic mass is 10.1. The van der Waals surface area contributed by atoms with Crippen molar-refractivity contribution in [3.63, 3.8) is 0 Å². The average molecular weight is 392 g/mol. The highest BCUT2D eigenvalue weighted by Crippen LogP contribution is 2.15. The highest BCUT2D eigenvalue weighted by atomic mass is 16.2. The van der Waals surface area contributed by atoms with Crippen LogP contribution in [0.5, 0.6) is 0 Å². The molecule has 148 valence electrons. The van der Waals surface area contributed by atoms with Crippen molar-refractivity contribution in [3.05, 3.63) is 66.1 Å². The molecular formula is C20H20N6O3. The van der Waals surface area contributed by atoms with Gasteiger partial charge in [-0.3, -0.25) is 18.9 Å². The number of urea groups is 1. The Morgan fingerprint density at radius 3 is 2.69 bits per heavy atom. The van der Waals surface area contributed by atoms with Crippen LogP contribution in [0.1, 0.15) is 24.2 Å². The molecule has 0 spiro atoms. The van der Waals surface area contributed by atoms with Crippen molar-refractivity contribution in [2.24, 2.45) is 0 Å². The van der Waals surface area contributed by atoms with Gasteiger partial charge in [-0.05, 0) is 24.1 Å². The van der Waals surface area contributed by atoms with Crippen LogP contribution in [0.3, 0.4) is 0 Å². The van der Waals surface area contributed by atoms with Crippen molar-refractivity contribution in [2.75, 3.05) is 0 Å². The smallest absolute Gasteiger partial charge is 0.325 e. The van der Waals surface area contributed by atoms with Crippen molar-refractivity contribution in [1.29, 1.82) is 0 Å². The van der Waals surface area contributed by atoms with E-state index in [0.29, 0.717) is 11.5 Å². The van der Waals surface area contributed by atoms with Gasteiger partial charge in [0.25, 0.3) is 5.91 Å². The van der Waals surface area contributed by atoms with Crippen molar-refractivity contribution >= 4 is 23.5 Å². The SMILES string of the molecule is O=C(CC[C@@H]1NC(=O)N(Cc2ccccc2)C1=O)NCc1nnc2ccccn12. The van der Waals surface area contributed by atoms with E-state index < -0.39 is 12.1 Å². The lowest BCUT2D eigenvalue weighted by Crippen LogP contribution is -2.32. The van der Waals surface area contributed by atoms with E-state index in [0.717, 1.165) is 5.56 Å². The van der Waals surface area contributed by atoms with Gasteiger partial charge in [-0.25, -0.2) is 4.79 Å². The number of carbonyl (C=O) groups excluding carboxylic acids is 3. The molecule has 0 radical (unpaired) electrons. The first kappa shape index (κ1) is 18.6. The first-order chi connectivity index (χ1) is 14.1. The summed E-state index contributed by atoms with van der Waals surface area (Å²) in [5, 5.41) is 13.5. The highest BCUT2D eigenvalue weighted by molar-refractivity contribution is 6.04. The van der Waals surface area contributed by atoms with Crippen molar-refractivity contribution < 1.29 is 14.4 Å². The molecule has 0 bridgehead atoms. The number of benzene rings is 1. The van der Waals surface area contributed by atoms with Gasteiger partial charge in [0, 0.05) is 12.6 Å². The van der Waals surface area contributed by atoms with Gasteiger partial charge in [-0.15, -0.1) is 10.2 Å². The Labute approximate surface area is 166 Å². The molecule has 2 aromatic heterocycles. The fourth-order valence-electron chi connectivity index (χ4n) is 3.24. The van der Waals surface area contributed by atoms with Gasteiger partial charge in [-0.1, -0.05) is 36.4 Å². The number of hydrogen-bond donors (Lipinski definition) is 2. The summed E-state index contributed by atoms with van der Waals surface area (Å²) in [5.41, 5.74) is 1.57. The number of pyridine rings is 1. The summed E-state index contributed by atoms with van der Waals surface area (Å²) >= 11 is 0. The summed E-state index contributed by atoms with van der Waals surface area (Å²) in [7, 11) is 0. The molecule has 9 heteroatoms. The Balaban J connectivity index is 1.28. The Bertz CT molecular complexity index is 1050. The molecular weight excluding hydrogens is 372 g/mol. The summed E-state index contributed by atoms with van der Waals surface area (Å²) < 4.78 is 1.79. The average Bonchev–Trinajstić information content (AvgIpc) is 3.27. The molecule has 0 unspecified atom stereocenters. The largest absolute Gasteiger partial charge is 0.349 e. The van der Waals surface area contributed by atoms with Gasteiger partial charge in [0.1, 0.15) is 6.04 Å². The second-order valence-electron chi connectivity index (χ2n) is 6.77. The van der Waals surface area contributed by atoms with Crippen LogP contribution in [0.15, 0.2) is 54.7 Å². The number of rotatable bonds is 7. The van der Waals surface area contributed by atoms with Crippen molar-refractivity contribution in [1.82, 2.24) is 30.1 Å². The summed E-state index contributed by atoms with van der Waals surface area (Å²) in [6.07, 6.45) is 2.18. The van der Waals surface area contributed by atoms with E-state index in [9.17, 15) is 14.4 Å². The van der Waals surface area contributed by atoms with Gasteiger partial charge in [0.15, 0.2) is 11.5 Å². The maximum Gasteiger partial charge on any atom is 0.325 e. The molecule has 1 aliphatic rings. The zero-order valence-corrected chi connectivity index (χ0v) is 15.6. The Morgan fingerprint density at radius 2 is 1.86 bits per heavy atom. The van der Waals surface area contributed by atoms with Gasteiger partial charge < -0.3 is 10.6 Å².